The number of carbonyl (C=O) groups excluding carboxylic acids is 1. The van der Waals surface area contributed by atoms with E-state index >= 15 is 0 Å². The maximum absolute atomic E-state index is 11.2. The zero-order chi connectivity index (χ0) is 13.5. The molecule has 1 heterocycles. The Balaban J connectivity index is 1.74. The average molecular weight is 260 g/mol. The standard InChI is InChI=1S/C16H24N2O/c1-14(19)15-6-8-16(9-7-15)17-10-13-18-11-4-2-3-5-12-18/h6-9,17H,2-5,10-13H2,1H3. The van der Waals surface area contributed by atoms with E-state index in [9.17, 15) is 4.79 Å². The molecule has 1 saturated heterocycles. The first-order chi connectivity index (χ1) is 9.25. The molecule has 3 heteroatoms. The van der Waals surface area contributed by atoms with E-state index in [0.717, 1.165) is 24.3 Å². The van der Waals surface area contributed by atoms with Gasteiger partial charge in [0.2, 0.25) is 0 Å². The van der Waals surface area contributed by atoms with Crippen molar-refractivity contribution >= 4 is 11.5 Å². The predicted octanol–water partition coefficient (Wildman–Crippen LogP) is 3.18. The smallest absolute Gasteiger partial charge is 0.159 e. The zero-order valence-corrected chi connectivity index (χ0v) is 11.8. The van der Waals surface area contributed by atoms with E-state index in [1.807, 2.05) is 24.3 Å². The molecule has 0 radical (unpaired) electrons. The Morgan fingerprint density at radius 3 is 2.32 bits per heavy atom. The lowest BCUT2D eigenvalue weighted by Gasteiger charge is -2.20. The van der Waals surface area contributed by atoms with Gasteiger partial charge in [-0.1, -0.05) is 12.8 Å². The molecule has 0 atom stereocenters. The first-order valence-electron chi connectivity index (χ1n) is 7.33. The van der Waals surface area contributed by atoms with Gasteiger partial charge in [-0.3, -0.25) is 4.79 Å². The van der Waals surface area contributed by atoms with Crippen LogP contribution in [0.5, 0.6) is 0 Å². The highest BCUT2D eigenvalue weighted by Gasteiger charge is 2.07. The quantitative estimate of drug-likeness (QED) is 0.825. The first kappa shape index (κ1) is 14.1. The maximum Gasteiger partial charge on any atom is 0.159 e. The van der Waals surface area contributed by atoms with Crippen LogP contribution in [0.3, 0.4) is 0 Å². The summed E-state index contributed by atoms with van der Waals surface area (Å²) >= 11 is 0. The van der Waals surface area contributed by atoms with E-state index in [1.165, 1.54) is 38.8 Å². The molecule has 1 aliphatic heterocycles. The number of nitrogens with one attached hydrogen (secondary N) is 1. The number of ketones is 1. The van der Waals surface area contributed by atoms with Crippen molar-refractivity contribution in [2.24, 2.45) is 0 Å². The van der Waals surface area contributed by atoms with Crippen LogP contribution in [0.4, 0.5) is 5.69 Å². The lowest BCUT2D eigenvalue weighted by atomic mass is 10.1. The van der Waals surface area contributed by atoms with Gasteiger partial charge < -0.3 is 10.2 Å². The van der Waals surface area contributed by atoms with Crippen LogP contribution in [-0.2, 0) is 0 Å². The molecule has 1 aromatic rings. The van der Waals surface area contributed by atoms with E-state index in [0.29, 0.717) is 0 Å². The van der Waals surface area contributed by atoms with Crippen LogP contribution in [0.2, 0.25) is 0 Å². The van der Waals surface area contributed by atoms with Crippen molar-refractivity contribution in [1.29, 1.82) is 0 Å². The number of anilines is 1. The van der Waals surface area contributed by atoms with Crippen LogP contribution in [0, 0.1) is 0 Å². The van der Waals surface area contributed by atoms with E-state index in [4.69, 9.17) is 0 Å². The van der Waals surface area contributed by atoms with Gasteiger partial charge in [0.15, 0.2) is 5.78 Å². The van der Waals surface area contributed by atoms with Crippen LogP contribution in [-0.4, -0.2) is 36.9 Å². The minimum Gasteiger partial charge on any atom is -0.384 e. The van der Waals surface area contributed by atoms with Crippen molar-refractivity contribution in [1.82, 2.24) is 4.90 Å². The largest absolute Gasteiger partial charge is 0.384 e. The molecule has 0 unspecified atom stereocenters. The normalized spacial score (nSPS) is 16.9. The van der Waals surface area contributed by atoms with Gasteiger partial charge in [-0.05, 0) is 57.1 Å². The Morgan fingerprint density at radius 1 is 1.11 bits per heavy atom. The van der Waals surface area contributed by atoms with E-state index in [1.54, 1.807) is 6.92 Å². The number of rotatable bonds is 5. The van der Waals surface area contributed by atoms with Crippen LogP contribution < -0.4 is 5.32 Å². The minimum atomic E-state index is 0.121. The van der Waals surface area contributed by atoms with Gasteiger partial charge in [0.1, 0.15) is 0 Å². The fourth-order valence-electron chi connectivity index (χ4n) is 2.54. The lowest BCUT2D eigenvalue weighted by molar-refractivity contribution is 0.101. The number of hydrogen-bond acceptors (Lipinski definition) is 3. The van der Waals surface area contributed by atoms with Crippen molar-refractivity contribution in [3.8, 4) is 0 Å². The summed E-state index contributed by atoms with van der Waals surface area (Å²) in [6.07, 6.45) is 5.45. The number of hydrogen-bond donors (Lipinski definition) is 1. The molecule has 2 rings (SSSR count). The van der Waals surface area contributed by atoms with Crippen LogP contribution in [0.15, 0.2) is 24.3 Å². The molecule has 1 N–H and O–H groups in total. The van der Waals surface area contributed by atoms with Gasteiger partial charge in [0, 0.05) is 24.3 Å². The van der Waals surface area contributed by atoms with Crippen molar-refractivity contribution in [3.05, 3.63) is 29.8 Å². The van der Waals surface area contributed by atoms with Gasteiger partial charge in [-0.15, -0.1) is 0 Å². The molecule has 104 valence electrons. The van der Waals surface area contributed by atoms with E-state index < -0.39 is 0 Å². The Labute approximate surface area is 116 Å². The molecule has 0 aliphatic carbocycles. The number of carbonyl (C=O) groups is 1. The average Bonchev–Trinajstić information content (AvgIpc) is 2.68. The molecule has 3 nitrogen and oxygen atoms in total. The van der Waals surface area contributed by atoms with E-state index in [-0.39, 0.29) is 5.78 Å². The van der Waals surface area contributed by atoms with Gasteiger partial charge in [0.25, 0.3) is 0 Å². The molecule has 1 fully saturated rings. The highest BCUT2D eigenvalue weighted by Crippen LogP contribution is 2.11. The summed E-state index contributed by atoms with van der Waals surface area (Å²) in [6.45, 7) is 6.16. The second-order valence-electron chi connectivity index (χ2n) is 5.32. The van der Waals surface area contributed by atoms with Gasteiger partial charge in [-0.25, -0.2) is 0 Å². The third-order valence-corrected chi connectivity index (χ3v) is 3.75. The molecule has 0 bridgehead atoms. The fraction of sp³-hybridized carbons (Fsp3) is 0.562. The first-order valence-corrected chi connectivity index (χ1v) is 7.33. The van der Waals surface area contributed by atoms with Gasteiger partial charge >= 0.3 is 0 Å². The topological polar surface area (TPSA) is 32.3 Å². The summed E-state index contributed by atoms with van der Waals surface area (Å²) in [5.41, 5.74) is 1.87. The summed E-state index contributed by atoms with van der Waals surface area (Å²) in [5.74, 6) is 0.121. The predicted molar refractivity (Wildman–Crippen MR) is 79.8 cm³/mol. The second-order valence-corrected chi connectivity index (χ2v) is 5.32. The molecule has 19 heavy (non-hydrogen) atoms. The SMILES string of the molecule is CC(=O)c1ccc(NCCN2CCCCCC2)cc1. The van der Waals surface area contributed by atoms with Crippen molar-refractivity contribution < 1.29 is 4.79 Å². The van der Waals surface area contributed by atoms with Crippen LogP contribution >= 0.6 is 0 Å². The number of Topliss-reactive ketones (excluding diaryl/α,β-unsaturated/α-hetero) is 1. The summed E-state index contributed by atoms with van der Waals surface area (Å²) in [6, 6.07) is 7.74. The number of nitrogens with zero attached hydrogens (tertiary/aromatic N) is 1. The number of benzene rings is 1. The second kappa shape index (κ2) is 7.29. The molecular weight excluding hydrogens is 236 g/mol. The molecule has 0 saturated carbocycles. The fourth-order valence-corrected chi connectivity index (χ4v) is 2.54. The monoisotopic (exact) mass is 260 g/mol. The zero-order valence-electron chi connectivity index (χ0n) is 11.8. The Kier molecular flexibility index (Phi) is 5.40. The molecule has 1 aromatic carbocycles. The maximum atomic E-state index is 11.2. The molecule has 1 aliphatic rings. The molecule has 0 aromatic heterocycles. The van der Waals surface area contributed by atoms with E-state index in [2.05, 4.69) is 10.2 Å². The molecule has 0 amide bonds. The summed E-state index contributed by atoms with van der Waals surface area (Å²) in [5, 5.41) is 3.43. The summed E-state index contributed by atoms with van der Waals surface area (Å²) < 4.78 is 0. The van der Waals surface area contributed by atoms with Gasteiger partial charge in [-0.2, -0.15) is 0 Å². The summed E-state index contributed by atoms with van der Waals surface area (Å²) in [4.78, 5) is 13.7. The molecule has 0 spiro atoms. The van der Waals surface area contributed by atoms with Crippen LogP contribution in [0.25, 0.3) is 0 Å². The van der Waals surface area contributed by atoms with Crippen molar-refractivity contribution in [2.45, 2.75) is 32.6 Å². The highest BCUT2D eigenvalue weighted by atomic mass is 16.1. The molecular formula is C16H24N2O. The lowest BCUT2D eigenvalue weighted by Crippen LogP contribution is -2.29. The van der Waals surface area contributed by atoms with Gasteiger partial charge in [0.05, 0.1) is 0 Å². The third kappa shape index (κ3) is 4.67. The highest BCUT2D eigenvalue weighted by molar-refractivity contribution is 5.94. The Bertz CT molecular complexity index is 392. The Hall–Kier alpha value is -1.35. The van der Waals surface area contributed by atoms with Crippen molar-refractivity contribution in [2.75, 3.05) is 31.5 Å². The number of likely N-dealkylation sites (tertiary alicyclic amines) is 1. The minimum absolute atomic E-state index is 0.121. The van der Waals surface area contributed by atoms with Crippen LogP contribution in [0.1, 0.15) is 43.0 Å². The third-order valence-electron chi connectivity index (χ3n) is 3.75. The van der Waals surface area contributed by atoms with Crippen molar-refractivity contribution in [3.63, 3.8) is 0 Å². The Morgan fingerprint density at radius 2 is 1.74 bits per heavy atom. The summed E-state index contributed by atoms with van der Waals surface area (Å²) in [7, 11) is 0.